The number of carbonyl (C=O) groups excluding carboxylic acids is 2. The molecule has 4 aromatic carbocycles. The highest BCUT2D eigenvalue weighted by Gasteiger charge is 2.68. The molecule has 186 valence electrons. The summed E-state index contributed by atoms with van der Waals surface area (Å²) in [4.78, 5) is 35.2. The van der Waals surface area contributed by atoms with Crippen molar-refractivity contribution in [1.29, 1.82) is 0 Å². The van der Waals surface area contributed by atoms with Crippen molar-refractivity contribution in [2.24, 2.45) is 16.8 Å². The van der Waals surface area contributed by atoms with E-state index in [2.05, 4.69) is 24.3 Å². The van der Waals surface area contributed by atoms with E-state index in [0.29, 0.717) is 18.0 Å². The normalized spacial score (nSPS) is 24.9. The van der Waals surface area contributed by atoms with Crippen molar-refractivity contribution in [3.63, 3.8) is 0 Å². The van der Waals surface area contributed by atoms with Gasteiger partial charge in [0.05, 0.1) is 35.2 Å². The lowest BCUT2D eigenvalue weighted by Gasteiger charge is -2.52. The minimum Gasteiger partial charge on any atom is -0.492 e. The van der Waals surface area contributed by atoms with Crippen LogP contribution < -0.4 is 9.64 Å². The van der Waals surface area contributed by atoms with E-state index in [-0.39, 0.29) is 17.7 Å². The Kier molecular flexibility index (Phi) is 5.08. The summed E-state index contributed by atoms with van der Waals surface area (Å²) >= 11 is 0. The van der Waals surface area contributed by atoms with E-state index in [0.717, 1.165) is 27.9 Å². The van der Waals surface area contributed by atoms with Crippen molar-refractivity contribution >= 4 is 29.4 Å². The first kappa shape index (κ1) is 22.7. The molecule has 0 spiro atoms. The predicted molar refractivity (Wildman–Crippen MR) is 147 cm³/mol. The van der Waals surface area contributed by atoms with Gasteiger partial charge in [0.15, 0.2) is 0 Å². The number of anilines is 1. The van der Waals surface area contributed by atoms with Gasteiger partial charge < -0.3 is 4.74 Å². The average Bonchev–Trinajstić information content (AvgIpc) is 3.23. The van der Waals surface area contributed by atoms with Gasteiger partial charge in [0.2, 0.25) is 11.8 Å². The van der Waals surface area contributed by atoms with Crippen molar-refractivity contribution in [1.82, 2.24) is 0 Å². The lowest BCUT2D eigenvalue weighted by molar-refractivity contribution is -0.122. The maximum absolute atomic E-state index is 14.5. The van der Waals surface area contributed by atoms with Crippen LogP contribution in [0.2, 0.25) is 0 Å². The van der Waals surface area contributed by atoms with Gasteiger partial charge in [-0.15, -0.1) is 0 Å². The highest BCUT2D eigenvalue weighted by atomic mass is 16.5. The van der Waals surface area contributed by atoms with Crippen LogP contribution in [0, 0.1) is 11.8 Å². The molecule has 4 aromatic rings. The molecule has 8 rings (SSSR count). The summed E-state index contributed by atoms with van der Waals surface area (Å²) in [6.45, 7) is 2.33. The number of ether oxygens (including phenoxy) is 1. The Morgan fingerprint density at radius 3 is 2.08 bits per heavy atom. The molecule has 1 aliphatic heterocycles. The van der Waals surface area contributed by atoms with Gasteiger partial charge in [-0.1, -0.05) is 78.9 Å². The first-order valence-corrected chi connectivity index (χ1v) is 13.1. The Balaban J connectivity index is 1.50. The summed E-state index contributed by atoms with van der Waals surface area (Å²) in [6, 6.07) is 33.5. The number of amides is 2. The third kappa shape index (κ3) is 2.96. The summed E-state index contributed by atoms with van der Waals surface area (Å²) in [6.07, 6.45) is 1.93. The lowest BCUT2D eigenvalue weighted by Crippen LogP contribution is -2.54. The molecule has 0 unspecified atom stereocenters. The SMILES string of the molecule is CCOc1ccccc1N1C(=O)[C@H]2C3c4ccccc4C(C=Nc4ccccc4)(c4ccccc43)[C@H]2C1=O. The molecule has 0 radical (unpaired) electrons. The second kappa shape index (κ2) is 8.52. The first-order chi connectivity index (χ1) is 18.7. The van der Waals surface area contributed by atoms with E-state index in [1.54, 1.807) is 6.07 Å². The van der Waals surface area contributed by atoms with Gasteiger partial charge in [0.1, 0.15) is 5.75 Å². The highest BCUT2D eigenvalue weighted by Crippen LogP contribution is 2.64. The van der Waals surface area contributed by atoms with Crippen LogP contribution in [-0.4, -0.2) is 24.6 Å². The number of hydrogen-bond donors (Lipinski definition) is 0. The Morgan fingerprint density at radius 1 is 0.789 bits per heavy atom. The molecule has 1 fully saturated rings. The van der Waals surface area contributed by atoms with Crippen LogP contribution in [0.3, 0.4) is 0 Å². The summed E-state index contributed by atoms with van der Waals surface area (Å²) in [7, 11) is 0. The maximum atomic E-state index is 14.5. The number of nitrogens with zero attached hydrogens (tertiary/aromatic N) is 2. The Labute approximate surface area is 221 Å². The van der Waals surface area contributed by atoms with Crippen LogP contribution in [0.4, 0.5) is 11.4 Å². The minimum absolute atomic E-state index is 0.182. The first-order valence-electron chi connectivity index (χ1n) is 13.1. The standard InChI is InChI=1S/C33H26N2O3/c1-2-38-27-19-11-10-18-26(27)35-31(36)29-28-22-14-6-8-16-24(22)33(30(29)32(35)37,25-17-9-7-15-23(25)28)20-34-21-12-4-3-5-13-21/h3-20,28-30H,2H2,1H3/t28?,29-,30+,33?/m0/s1. The molecule has 2 amide bonds. The zero-order chi connectivity index (χ0) is 25.9. The molecule has 5 heteroatoms. The highest BCUT2D eigenvalue weighted by molar-refractivity contribution is 6.25. The van der Waals surface area contributed by atoms with E-state index in [9.17, 15) is 9.59 Å². The van der Waals surface area contributed by atoms with Crippen molar-refractivity contribution in [3.8, 4) is 5.75 Å². The zero-order valence-corrected chi connectivity index (χ0v) is 21.0. The van der Waals surface area contributed by atoms with Gasteiger partial charge in [0.25, 0.3) is 0 Å². The van der Waals surface area contributed by atoms with Gasteiger partial charge in [-0.3, -0.25) is 14.6 Å². The van der Waals surface area contributed by atoms with Gasteiger partial charge in [0, 0.05) is 12.1 Å². The predicted octanol–water partition coefficient (Wildman–Crippen LogP) is 6.04. The Morgan fingerprint density at radius 2 is 1.39 bits per heavy atom. The summed E-state index contributed by atoms with van der Waals surface area (Å²) in [5.41, 5.74) is 4.69. The number of imide groups is 1. The van der Waals surface area contributed by atoms with Crippen molar-refractivity contribution in [2.45, 2.75) is 18.3 Å². The quantitative estimate of drug-likeness (QED) is 0.249. The molecule has 38 heavy (non-hydrogen) atoms. The van der Waals surface area contributed by atoms with Crippen molar-refractivity contribution < 1.29 is 14.3 Å². The number of para-hydroxylation sites is 3. The summed E-state index contributed by atoms with van der Waals surface area (Å²) < 4.78 is 5.85. The molecule has 0 saturated carbocycles. The molecular formula is C33H26N2O3. The van der Waals surface area contributed by atoms with Crippen LogP contribution in [-0.2, 0) is 15.0 Å². The molecule has 0 N–H and O–H groups in total. The van der Waals surface area contributed by atoms with Gasteiger partial charge in [-0.05, 0) is 53.4 Å². The van der Waals surface area contributed by atoms with Crippen LogP contribution >= 0.6 is 0 Å². The van der Waals surface area contributed by atoms with Crippen LogP contribution in [0.1, 0.15) is 35.1 Å². The molecule has 1 heterocycles. The second-order valence-electron chi connectivity index (χ2n) is 10.0. The Hall–Kier alpha value is -4.51. The van der Waals surface area contributed by atoms with Crippen LogP contribution in [0.5, 0.6) is 5.75 Å². The monoisotopic (exact) mass is 498 g/mol. The zero-order valence-electron chi connectivity index (χ0n) is 21.0. The fourth-order valence-electron chi connectivity index (χ4n) is 6.90. The van der Waals surface area contributed by atoms with Crippen molar-refractivity contribution in [2.75, 3.05) is 11.5 Å². The van der Waals surface area contributed by atoms with Crippen LogP contribution in [0.25, 0.3) is 0 Å². The maximum Gasteiger partial charge on any atom is 0.239 e. The van der Waals surface area contributed by atoms with E-state index in [1.807, 2.05) is 85.9 Å². The molecule has 4 aliphatic rings. The minimum atomic E-state index is -0.884. The molecule has 3 aliphatic carbocycles. The van der Waals surface area contributed by atoms with E-state index < -0.39 is 17.3 Å². The third-order valence-corrected chi connectivity index (χ3v) is 8.26. The van der Waals surface area contributed by atoms with E-state index in [4.69, 9.17) is 9.73 Å². The molecule has 0 aromatic heterocycles. The molecule has 2 bridgehead atoms. The molecule has 2 atom stereocenters. The number of benzene rings is 4. The number of carbonyl (C=O) groups is 2. The van der Waals surface area contributed by atoms with Gasteiger partial charge in [-0.25, -0.2) is 4.90 Å². The number of rotatable bonds is 5. The summed E-state index contributed by atoms with van der Waals surface area (Å²) in [5, 5.41) is 0. The largest absolute Gasteiger partial charge is 0.492 e. The average molecular weight is 499 g/mol. The van der Waals surface area contributed by atoms with E-state index >= 15 is 0 Å². The van der Waals surface area contributed by atoms with Gasteiger partial charge >= 0.3 is 0 Å². The van der Waals surface area contributed by atoms with Crippen LogP contribution in [0.15, 0.2) is 108 Å². The second-order valence-corrected chi connectivity index (χ2v) is 10.0. The third-order valence-electron chi connectivity index (χ3n) is 8.26. The molecule has 5 nitrogen and oxygen atoms in total. The molecular weight excluding hydrogens is 472 g/mol. The summed E-state index contributed by atoms with van der Waals surface area (Å²) in [5.74, 6) is -1.22. The lowest BCUT2D eigenvalue weighted by atomic mass is 9.47. The smallest absolute Gasteiger partial charge is 0.239 e. The molecule has 1 saturated heterocycles. The van der Waals surface area contributed by atoms with Crippen molar-refractivity contribution in [3.05, 3.63) is 125 Å². The Bertz CT molecular complexity index is 1560. The fraction of sp³-hybridized carbons (Fsp3) is 0.182. The fourth-order valence-corrected chi connectivity index (χ4v) is 6.90. The van der Waals surface area contributed by atoms with E-state index in [1.165, 1.54) is 4.90 Å². The van der Waals surface area contributed by atoms with Gasteiger partial charge in [-0.2, -0.15) is 0 Å². The number of aliphatic imine (C=N–C) groups is 1. The number of hydrogen-bond acceptors (Lipinski definition) is 4. The topological polar surface area (TPSA) is 59.0 Å².